The molecular weight excluding hydrogens is 472 g/mol. The molecule has 1 unspecified atom stereocenters. The maximum absolute atomic E-state index is 13.2. The Morgan fingerprint density at radius 3 is 2.42 bits per heavy atom. The van der Waals surface area contributed by atoms with Gasteiger partial charge in [0.25, 0.3) is 0 Å². The lowest BCUT2D eigenvalue weighted by atomic mass is 9.90. The van der Waals surface area contributed by atoms with Gasteiger partial charge in [-0.2, -0.15) is 0 Å². The van der Waals surface area contributed by atoms with Crippen molar-refractivity contribution in [2.24, 2.45) is 4.99 Å². The van der Waals surface area contributed by atoms with Crippen LogP contribution in [0, 0.1) is 0 Å². The SMILES string of the molecule is CN(C)CCc1ccc(N=C(c2ccccc2)C2C(=O)Nc3ccc(NS(=O)(=O)C4CC4)cc32)cc1. The van der Waals surface area contributed by atoms with Crippen LogP contribution in [0.15, 0.2) is 77.8 Å². The van der Waals surface area contributed by atoms with Crippen LogP contribution in [0.5, 0.6) is 0 Å². The minimum atomic E-state index is -3.41. The van der Waals surface area contributed by atoms with Gasteiger partial charge in [0.2, 0.25) is 15.9 Å². The lowest BCUT2D eigenvalue weighted by molar-refractivity contribution is -0.115. The van der Waals surface area contributed by atoms with E-state index >= 15 is 0 Å². The lowest BCUT2D eigenvalue weighted by Gasteiger charge is -2.15. The zero-order valence-electron chi connectivity index (χ0n) is 20.4. The van der Waals surface area contributed by atoms with Crippen molar-refractivity contribution in [2.75, 3.05) is 30.7 Å². The van der Waals surface area contributed by atoms with Gasteiger partial charge in [-0.3, -0.25) is 14.5 Å². The van der Waals surface area contributed by atoms with E-state index in [9.17, 15) is 13.2 Å². The van der Waals surface area contributed by atoms with Crippen molar-refractivity contribution in [3.05, 3.63) is 89.5 Å². The Labute approximate surface area is 212 Å². The molecule has 186 valence electrons. The van der Waals surface area contributed by atoms with Crippen LogP contribution in [0.1, 0.15) is 35.4 Å². The van der Waals surface area contributed by atoms with E-state index in [1.165, 1.54) is 5.56 Å². The quantitative estimate of drug-likeness (QED) is 0.420. The minimum Gasteiger partial charge on any atom is -0.325 e. The van der Waals surface area contributed by atoms with Crippen molar-refractivity contribution >= 4 is 38.7 Å². The summed E-state index contributed by atoms with van der Waals surface area (Å²) < 4.78 is 27.7. The zero-order chi connectivity index (χ0) is 25.3. The van der Waals surface area contributed by atoms with Crippen molar-refractivity contribution in [1.29, 1.82) is 0 Å². The summed E-state index contributed by atoms with van der Waals surface area (Å²) in [7, 11) is 0.694. The van der Waals surface area contributed by atoms with Gasteiger partial charge >= 0.3 is 0 Å². The number of fused-ring (bicyclic) bond motifs is 1. The van der Waals surface area contributed by atoms with Crippen molar-refractivity contribution in [3.63, 3.8) is 0 Å². The maximum Gasteiger partial charge on any atom is 0.238 e. The summed E-state index contributed by atoms with van der Waals surface area (Å²) in [6.07, 6.45) is 2.31. The summed E-state index contributed by atoms with van der Waals surface area (Å²) in [5.74, 6) is -0.849. The predicted octanol–water partition coefficient (Wildman–Crippen LogP) is 4.55. The normalized spacial score (nSPS) is 17.7. The fourth-order valence-corrected chi connectivity index (χ4v) is 5.73. The molecule has 1 amide bonds. The van der Waals surface area contributed by atoms with Crippen LogP contribution in [-0.2, 0) is 21.2 Å². The van der Waals surface area contributed by atoms with E-state index in [-0.39, 0.29) is 11.2 Å². The lowest BCUT2D eigenvalue weighted by Crippen LogP contribution is -2.22. The molecule has 3 aromatic rings. The van der Waals surface area contributed by atoms with Gasteiger partial charge in [0.15, 0.2) is 0 Å². The fourth-order valence-electron chi connectivity index (χ4n) is 4.36. The van der Waals surface area contributed by atoms with Gasteiger partial charge in [-0.05, 0) is 80.4 Å². The second kappa shape index (κ2) is 9.87. The van der Waals surface area contributed by atoms with Crippen LogP contribution < -0.4 is 10.0 Å². The number of carbonyl (C=O) groups is 1. The number of hydrogen-bond acceptors (Lipinski definition) is 5. The number of sulfonamides is 1. The van der Waals surface area contributed by atoms with Gasteiger partial charge < -0.3 is 10.2 Å². The average molecular weight is 503 g/mol. The summed E-state index contributed by atoms with van der Waals surface area (Å²) in [6, 6.07) is 22.9. The third kappa shape index (κ3) is 5.34. The van der Waals surface area contributed by atoms with Gasteiger partial charge in [-0.15, -0.1) is 0 Å². The Bertz CT molecular complexity index is 1400. The monoisotopic (exact) mass is 502 g/mol. The Balaban J connectivity index is 1.51. The van der Waals surface area contributed by atoms with Crippen LogP contribution in [0.4, 0.5) is 17.1 Å². The summed E-state index contributed by atoms with van der Waals surface area (Å²) in [6.45, 7) is 0.962. The van der Waals surface area contributed by atoms with Gasteiger partial charge in [0.1, 0.15) is 5.92 Å². The minimum absolute atomic E-state index is 0.183. The van der Waals surface area contributed by atoms with Gasteiger partial charge in [-0.25, -0.2) is 8.42 Å². The highest BCUT2D eigenvalue weighted by Crippen LogP contribution is 2.39. The predicted molar refractivity (Wildman–Crippen MR) is 145 cm³/mol. The summed E-state index contributed by atoms with van der Waals surface area (Å²) in [4.78, 5) is 20.3. The maximum atomic E-state index is 13.2. The molecule has 3 aromatic carbocycles. The molecule has 0 aromatic heterocycles. The van der Waals surface area contributed by atoms with Crippen LogP contribution in [0.3, 0.4) is 0 Å². The van der Waals surface area contributed by atoms with E-state index in [4.69, 9.17) is 4.99 Å². The third-order valence-electron chi connectivity index (χ3n) is 6.48. The summed E-state index contributed by atoms with van der Waals surface area (Å²) in [5, 5.41) is 2.61. The smallest absolute Gasteiger partial charge is 0.238 e. The number of nitrogens with one attached hydrogen (secondary N) is 2. The Hall–Kier alpha value is -3.49. The zero-order valence-corrected chi connectivity index (χ0v) is 21.3. The molecule has 0 saturated heterocycles. The highest BCUT2D eigenvalue weighted by Gasteiger charge is 2.38. The summed E-state index contributed by atoms with van der Waals surface area (Å²) in [5.41, 5.74) is 5.28. The van der Waals surface area contributed by atoms with Crippen LogP contribution in [-0.4, -0.2) is 50.8 Å². The first-order valence-electron chi connectivity index (χ1n) is 12.1. The van der Waals surface area contributed by atoms with E-state index in [2.05, 4.69) is 41.2 Å². The summed E-state index contributed by atoms with van der Waals surface area (Å²) >= 11 is 0. The highest BCUT2D eigenvalue weighted by molar-refractivity contribution is 7.93. The van der Waals surface area contributed by atoms with Crippen molar-refractivity contribution < 1.29 is 13.2 Å². The molecule has 1 heterocycles. The molecule has 1 aliphatic carbocycles. The van der Waals surface area contributed by atoms with Gasteiger partial charge in [-0.1, -0.05) is 42.5 Å². The third-order valence-corrected chi connectivity index (χ3v) is 8.35. The molecule has 2 aliphatic rings. The molecule has 36 heavy (non-hydrogen) atoms. The molecular formula is C28H30N4O3S. The Morgan fingerprint density at radius 2 is 1.75 bits per heavy atom. The van der Waals surface area contributed by atoms with Crippen molar-refractivity contribution in [1.82, 2.24) is 4.90 Å². The van der Waals surface area contributed by atoms with Crippen molar-refractivity contribution in [3.8, 4) is 0 Å². The number of likely N-dealkylation sites (N-methyl/N-ethyl adjacent to an activating group) is 1. The second-order valence-electron chi connectivity index (χ2n) is 9.65. The molecule has 7 nitrogen and oxygen atoms in total. The van der Waals surface area contributed by atoms with Crippen LogP contribution >= 0.6 is 0 Å². The molecule has 1 fully saturated rings. The molecule has 1 saturated carbocycles. The number of amides is 1. The number of aliphatic imine (C=N–C) groups is 1. The van der Waals surface area contributed by atoms with Crippen LogP contribution in [0.25, 0.3) is 0 Å². The van der Waals surface area contributed by atoms with E-state index < -0.39 is 15.9 Å². The highest BCUT2D eigenvalue weighted by atomic mass is 32.2. The molecule has 8 heteroatoms. The topological polar surface area (TPSA) is 90.9 Å². The molecule has 1 aliphatic heterocycles. The molecule has 1 atom stereocenters. The first-order valence-corrected chi connectivity index (χ1v) is 13.7. The number of rotatable bonds is 9. The molecule has 0 bridgehead atoms. The van der Waals surface area contributed by atoms with Crippen LogP contribution in [0.2, 0.25) is 0 Å². The van der Waals surface area contributed by atoms with E-state index in [1.54, 1.807) is 18.2 Å². The second-order valence-corrected chi connectivity index (χ2v) is 11.6. The molecule has 5 rings (SSSR count). The number of benzene rings is 3. The fraction of sp³-hybridized carbons (Fsp3) is 0.286. The molecule has 2 N–H and O–H groups in total. The number of nitrogens with zero attached hydrogens (tertiary/aromatic N) is 2. The largest absolute Gasteiger partial charge is 0.325 e. The first-order chi connectivity index (χ1) is 17.3. The van der Waals surface area contributed by atoms with E-state index in [0.29, 0.717) is 35.5 Å². The first kappa shape index (κ1) is 24.2. The van der Waals surface area contributed by atoms with E-state index in [0.717, 1.165) is 24.2 Å². The number of anilines is 2. The molecule has 0 radical (unpaired) electrons. The average Bonchev–Trinajstić information content (AvgIpc) is 3.67. The number of hydrogen-bond donors (Lipinski definition) is 2. The number of carbonyl (C=O) groups excluding carboxylic acids is 1. The Morgan fingerprint density at radius 1 is 1.03 bits per heavy atom. The molecule has 0 spiro atoms. The van der Waals surface area contributed by atoms with Crippen molar-refractivity contribution in [2.45, 2.75) is 30.4 Å². The van der Waals surface area contributed by atoms with Gasteiger partial charge in [0.05, 0.1) is 16.6 Å². The standard InChI is InChI=1S/C28H30N4O3S/c1-32(2)17-16-19-8-10-21(11-9-19)29-27(20-6-4-3-5-7-20)26-24-18-22(12-15-25(24)30-28(26)33)31-36(34,35)23-13-14-23/h3-12,15,18,23,26,31H,13-14,16-17H2,1-2H3,(H,30,33). The van der Waals surface area contributed by atoms with Gasteiger partial charge in [0, 0.05) is 17.9 Å². The van der Waals surface area contributed by atoms with E-state index in [1.807, 2.05) is 42.5 Å². The Kier molecular flexibility index (Phi) is 6.64.